The first kappa shape index (κ1) is 11.6. The molecule has 4 heteroatoms. The molecule has 0 atom stereocenters. The lowest BCUT2D eigenvalue weighted by atomic mass is 10.1. The maximum absolute atomic E-state index is 11.3. The van der Waals surface area contributed by atoms with Gasteiger partial charge in [0.15, 0.2) is 0 Å². The maximum atomic E-state index is 11.3. The summed E-state index contributed by atoms with van der Waals surface area (Å²) >= 11 is 0. The van der Waals surface area contributed by atoms with E-state index in [2.05, 4.69) is 0 Å². The van der Waals surface area contributed by atoms with Crippen LogP contribution in [0.2, 0.25) is 0 Å². The topological polar surface area (TPSA) is 63.6 Å². The van der Waals surface area contributed by atoms with Gasteiger partial charge in [-0.25, -0.2) is 4.79 Å². The minimum absolute atomic E-state index is 0.160. The van der Waals surface area contributed by atoms with Crippen LogP contribution in [0.5, 0.6) is 5.75 Å². The lowest BCUT2D eigenvalue weighted by Gasteiger charge is -2.13. The molecule has 0 aliphatic heterocycles. The summed E-state index contributed by atoms with van der Waals surface area (Å²) in [7, 11) is 0. The molecule has 1 aliphatic carbocycles. The van der Waals surface area contributed by atoms with Gasteiger partial charge in [-0.15, -0.1) is 0 Å². The van der Waals surface area contributed by atoms with Gasteiger partial charge in [0.25, 0.3) is 5.78 Å². The molecule has 1 aromatic carbocycles. The van der Waals surface area contributed by atoms with Gasteiger partial charge in [0.05, 0.1) is 6.10 Å². The molecule has 1 aliphatic rings. The Balaban J connectivity index is 2.10. The minimum atomic E-state index is -1.44. The first-order valence-corrected chi connectivity index (χ1v) is 5.71. The maximum Gasteiger partial charge on any atom is 0.377 e. The highest BCUT2D eigenvalue weighted by atomic mass is 16.5. The number of carboxylic acid groups (broad SMARTS) is 1. The molecule has 0 heterocycles. The third-order valence-corrected chi connectivity index (χ3v) is 2.90. The normalized spacial score (nSPS) is 15.8. The second-order valence-corrected chi connectivity index (χ2v) is 4.19. The average molecular weight is 234 g/mol. The van der Waals surface area contributed by atoms with E-state index in [0.717, 1.165) is 12.8 Å². The Labute approximate surface area is 99.2 Å². The quantitative estimate of drug-likeness (QED) is 0.641. The third-order valence-electron chi connectivity index (χ3n) is 2.90. The molecular formula is C13H14O4. The molecular weight excluding hydrogens is 220 g/mol. The Morgan fingerprint density at radius 1 is 1.24 bits per heavy atom. The number of rotatable bonds is 4. The molecule has 1 N–H and O–H groups in total. The number of aliphatic carboxylic acids is 1. The molecule has 17 heavy (non-hydrogen) atoms. The zero-order chi connectivity index (χ0) is 12.3. The molecule has 2 rings (SSSR count). The Morgan fingerprint density at radius 3 is 2.59 bits per heavy atom. The number of Topliss-reactive ketones (excluding diaryl/α,β-unsaturated/α-hetero) is 1. The predicted molar refractivity (Wildman–Crippen MR) is 61.3 cm³/mol. The molecule has 1 saturated carbocycles. The monoisotopic (exact) mass is 234 g/mol. The summed E-state index contributed by atoms with van der Waals surface area (Å²) in [6, 6.07) is 6.37. The van der Waals surface area contributed by atoms with Crippen LogP contribution in [0.1, 0.15) is 36.0 Å². The van der Waals surface area contributed by atoms with E-state index in [9.17, 15) is 9.59 Å². The molecule has 0 radical (unpaired) electrons. The first-order chi connectivity index (χ1) is 8.16. The smallest absolute Gasteiger partial charge is 0.377 e. The highest BCUT2D eigenvalue weighted by Gasteiger charge is 2.18. The molecule has 0 spiro atoms. The van der Waals surface area contributed by atoms with Crippen molar-refractivity contribution in [3.8, 4) is 5.75 Å². The number of carbonyl (C=O) groups excluding carboxylic acids is 1. The average Bonchev–Trinajstić information content (AvgIpc) is 2.81. The van der Waals surface area contributed by atoms with Crippen molar-refractivity contribution in [1.29, 1.82) is 0 Å². The van der Waals surface area contributed by atoms with E-state index >= 15 is 0 Å². The van der Waals surface area contributed by atoms with E-state index in [4.69, 9.17) is 9.84 Å². The molecule has 0 saturated heterocycles. The Bertz CT molecular complexity index is 433. The molecule has 1 aromatic rings. The van der Waals surface area contributed by atoms with E-state index in [0.29, 0.717) is 5.75 Å². The van der Waals surface area contributed by atoms with Gasteiger partial charge in [0.1, 0.15) is 5.75 Å². The van der Waals surface area contributed by atoms with E-state index in [1.54, 1.807) is 12.1 Å². The van der Waals surface area contributed by atoms with Gasteiger partial charge in [-0.3, -0.25) is 4.79 Å². The number of carbonyl (C=O) groups is 2. The highest BCUT2D eigenvalue weighted by molar-refractivity contribution is 6.39. The largest absolute Gasteiger partial charge is 0.490 e. The van der Waals surface area contributed by atoms with Gasteiger partial charge in [-0.1, -0.05) is 12.1 Å². The second kappa shape index (κ2) is 4.99. The van der Waals surface area contributed by atoms with Crippen molar-refractivity contribution in [2.24, 2.45) is 0 Å². The van der Waals surface area contributed by atoms with E-state index < -0.39 is 11.8 Å². The Kier molecular flexibility index (Phi) is 3.42. The highest BCUT2D eigenvalue weighted by Crippen LogP contribution is 2.24. The van der Waals surface area contributed by atoms with Crippen molar-refractivity contribution in [1.82, 2.24) is 0 Å². The number of ether oxygens (including phenoxy) is 1. The van der Waals surface area contributed by atoms with Crippen LogP contribution in [0.25, 0.3) is 0 Å². The fraction of sp³-hybridized carbons (Fsp3) is 0.385. The van der Waals surface area contributed by atoms with E-state index in [1.807, 2.05) is 0 Å². The number of hydrogen-bond donors (Lipinski definition) is 1. The lowest BCUT2D eigenvalue weighted by Crippen LogP contribution is -2.14. The van der Waals surface area contributed by atoms with Crippen molar-refractivity contribution in [3.63, 3.8) is 0 Å². The summed E-state index contributed by atoms with van der Waals surface area (Å²) in [5.74, 6) is -1.77. The predicted octanol–water partition coefficient (Wildman–Crippen LogP) is 2.28. The van der Waals surface area contributed by atoms with Gasteiger partial charge in [-0.2, -0.15) is 0 Å². The van der Waals surface area contributed by atoms with Gasteiger partial charge < -0.3 is 9.84 Å². The second-order valence-electron chi connectivity index (χ2n) is 4.19. The number of benzene rings is 1. The van der Waals surface area contributed by atoms with Crippen LogP contribution in [-0.4, -0.2) is 23.0 Å². The third kappa shape index (κ3) is 2.84. The van der Waals surface area contributed by atoms with E-state index in [1.165, 1.54) is 25.0 Å². The Hall–Kier alpha value is -1.84. The van der Waals surface area contributed by atoms with Crippen molar-refractivity contribution < 1.29 is 19.4 Å². The summed E-state index contributed by atoms with van der Waals surface area (Å²) in [5.41, 5.74) is 0.160. The van der Waals surface area contributed by atoms with Crippen molar-refractivity contribution in [2.75, 3.05) is 0 Å². The van der Waals surface area contributed by atoms with Crippen LogP contribution in [0.15, 0.2) is 24.3 Å². The summed E-state index contributed by atoms with van der Waals surface area (Å²) in [6.07, 6.45) is 4.58. The molecule has 4 nitrogen and oxygen atoms in total. The fourth-order valence-corrected chi connectivity index (χ4v) is 2.03. The van der Waals surface area contributed by atoms with Gasteiger partial charge in [0.2, 0.25) is 0 Å². The number of hydrogen-bond acceptors (Lipinski definition) is 3. The van der Waals surface area contributed by atoms with Crippen LogP contribution >= 0.6 is 0 Å². The molecule has 90 valence electrons. The standard InChI is InChI=1S/C13H14O4/c14-12(13(15)16)9-4-3-7-11(8-9)17-10-5-1-2-6-10/h3-4,7-8,10H,1-2,5-6H2,(H,15,16). The molecule has 0 unspecified atom stereocenters. The van der Waals surface area contributed by atoms with Crippen LogP contribution in [0.3, 0.4) is 0 Å². The van der Waals surface area contributed by atoms with Crippen LogP contribution < -0.4 is 4.74 Å². The molecule has 0 amide bonds. The number of ketones is 1. The Morgan fingerprint density at radius 2 is 1.94 bits per heavy atom. The molecule has 0 aromatic heterocycles. The molecule has 0 bridgehead atoms. The fourth-order valence-electron chi connectivity index (χ4n) is 2.03. The van der Waals surface area contributed by atoms with Crippen molar-refractivity contribution in [2.45, 2.75) is 31.8 Å². The number of carboxylic acids is 1. The summed E-state index contributed by atoms with van der Waals surface area (Å²) in [6.45, 7) is 0. The lowest BCUT2D eigenvalue weighted by molar-refractivity contribution is -0.131. The summed E-state index contributed by atoms with van der Waals surface area (Å²) in [4.78, 5) is 21.8. The van der Waals surface area contributed by atoms with Crippen LogP contribution in [0.4, 0.5) is 0 Å². The zero-order valence-electron chi connectivity index (χ0n) is 9.39. The van der Waals surface area contributed by atoms with Gasteiger partial charge >= 0.3 is 5.97 Å². The van der Waals surface area contributed by atoms with Crippen LogP contribution in [-0.2, 0) is 4.79 Å². The van der Waals surface area contributed by atoms with Crippen LogP contribution in [0, 0.1) is 0 Å². The summed E-state index contributed by atoms with van der Waals surface area (Å²) < 4.78 is 5.70. The molecule has 1 fully saturated rings. The van der Waals surface area contributed by atoms with Gasteiger partial charge in [0, 0.05) is 5.56 Å². The zero-order valence-corrected chi connectivity index (χ0v) is 9.39. The van der Waals surface area contributed by atoms with Crippen molar-refractivity contribution in [3.05, 3.63) is 29.8 Å². The summed E-state index contributed by atoms with van der Waals surface area (Å²) in [5, 5.41) is 8.62. The first-order valence-electron chi connectivity index (χ1n) is 5.71. The minimum Gasteiger partial charge on any atom is -0.490 e. The SMILES string of the molecule is O=C(O)C(=O)c1cccc(OC2CCCC2)c1. The van der Waals surface area contributed by atoms with Crippen molar-refractivity contribution >= 4 is 11.8 Å². The van der Waals surface area contributed by atoms with Gasteiger partial charge in [-0.05, 0) is 37.8 Å². The van der Waals surface area contributed by atoms with E-state index in [-0.39, 0.29) is 11.7 Å².